The average Bonchev–Trinajstić information content (AvgIpc) is 1.89. The Labute approximate surface area is 60.8 Å². The van der Waals surface area contributed by atoms with Crippen LogP contribution < -0.4 is 0 Å². The van der Waals surface area contributed by atoms with Crippen LogP contribution in [0.25, 0.3) is 0 Å². The fraction of sp³-hybridized carbons (Fsp3) is 0.429. The molecule has 10 heavy (non-hydrogen) atoms. The van der Waals surface area contributed by atoms with Crippen LogP contribution in [0.2, 0.25) is 0 Å². The van der Waals surface area contributed by atoms with Gasteiger partial charge in [0.25, 0.3) is 0 Å². The molecule has 3 nitrogen and oxygen atoms in total. The molecule has 0 aromatic heterocycles. The van der Waals surface area contributed by atoms with E-state index in [0.29, 0.717) is 6.54 Å². The maximum absolute atomic E-state index is 8.06. The summed E-state index contributed by atoms with van der Waals surface area (Å²) in [6.45, 7) is 6.04. The summed E-state index contributed by atoms with van der Waals surface area (Å²) in [5.41, 5.74) is 0.726. The van der Waals surface area contributed by atoms with Crippen LogP contribution in [0.3, 0.4) is 0 Å². The zero-order valence-electron chi connectivity index (χ0n) is 6.12. The molecule has 0 radical (unpaired) electrons. The molecule has 56 valence electrons. The van der Waals surface area contributed by atoms with E-state index < -0.39 is 0 Å². The third-order valence-electron chi connectivity index (χ3n) is 0.939. The SMILES string of the molecule is C=CCCN=C(C)/C=N/O. The van der Waals surface area contributed by atoms with Gasteiger partial charge in [-0.05, 0) is 13.3 Å². The van der Waals surface area contributed by atoms with E-state index in [-0.39, 0.29) is 0 Å². The molecule has 0 spiro atoms. The van der Waals surface area contributed by atoms with E-state index in [0.717, 1.165) is 12.1 Å². The van der Waals surface area contributed by atoms with Crippen molar-refractivity contribution in [1.29, 1.82) is 0 Å². The van der Waals surface area contributed by atoms with E-state index in [4.69, 9.17) is 5.21 Å². The Morgan fingerprint density at radius 3 is 2.90 bits per heavy atom. The van der Waals surface area contributed by atoms with Gasteiger partial charge in [-0.25, -0.2) is 0 Å². The van der Waals surface area contributed by atoms with Crippen molar-refractivity contribution in [2.45, 2.75) is 13.3 Å². The van der Waals surface area contributed by atoms with Crippen molar-refractivity contribution in [2.75, 3.05) is 6.54 Å². The second-order valence-corrected chi connectivity index (χ2v) is 1.85. The van der Waals surface area contributed by atoms with E-state index in [2.05, 4.69) is 16.7 Å². The minimum Gasteiger partial charge on any atom is -0.411 e. The molecule has 0 aromatic carbocycles. The summed E-state index contributed by atoms with van der Waals surface area (Å²) in [6.07, 6.45) is 3.96. The van der Waals surface area contributed by atoms with Gasteiger partial charge in [-0.2, -0.15) is 0 Å². The van der Waals surface area contributed by atoms with Crippen molar-refractivity contribution in [2.24, 2.45) is 10.1 Å². The Morgan fingerprint density at radius 2 is 2.40 bits per heavy atom. The first-order valence-corrected chi connectivity index (χ1v) is 3.10. The molecule has 0 fully saturated rings. The molecule has 0 saturated heterocycles. The summed E-state index contributed by atoms with van der Waals surface area (Å²) in [7, 11) is 0. The summed E-state index contributed by atoms with van der Waals surface area (Å²) in [6, 6.07) is 0. The maximum Gasteiger partial charge on any atom is 0.0868 e. The van der Waals surface area contributed by atoms with Gasteiger partial charge in [0, 0.05) is 6.54 Å². The van der Waals surface area contributed by atoms with Gasteiger partial charge < -0.3 is 5.21 Å². The molecule has 0 unspecified atom stereocenters. The lowest BCUT2D eigenvalue weighted by molar-refractivity contribution is 0.322. The minimum absolute atomic E-state index is 0.710. The standard InChI is InChI=1S/C7H12N2O/c1-3-4-5-8-7(2)6-9-10/h3,6,10H,1,4-5H2,2H3/b8-7?,9-6+. The van der Waals surface area contributed by atoms with E-state index in [1.54, 1.807) is 13.0 Å². The average molecular weight is 140 g/mol. The lowest BCUT2D eigenvalue weighted by atomic mass is 10.4. The summed E-state index contributed by atoms with van der Waals surface area (Å²) in [4.78, 5) is 4.04. The van der Waals surface area contributed by atoms with Crippen molar-refractivity contribution in [3.05, 3.63) is 12.7 Å². The van der Waals surface area contributed by atoms with Crippen molar-refractivity contribution in [3.8, 4) is 0 Å². The molecule has 3 heteroatoms. The topological polar surface area (TPSA) is 45.0 Å². The van der Waals surface area contributed by atoms with E-state index in [9.17, 15) is 0 Å². The normalized spacial score (nSPS) is 12.3. The van der Waals surface area contributed by atoms with Crippen LogP contribution in [0.4, 0.5) is 0 Å². The Balaban J connectivity index is 3.57. The predicted octanol–water partition coefficient (Wildman–Crippen LogP) is 1.48. The number of hydrogen-bond donors (Lipinski definition) is 1. The fourth-order valence-corrected chi connectivity index (χ4v) is 0.457. The molecule has 0 aliphatic carbocycles. The predicted molar refractivity (Wildman–Crippen MR) is 43.1 cm³/mol. The third-order valence-corrected chi connectivity index (χ3v) is 0.939. The zero-order chi connectivity index (χ0) is 7.82. The highest BCUT2D eigenvalue weighted by molar-refractivity contribution is 6.29. The molecule has 0 aliphatic heterocycles. The Hall–Kier alpha value is -1.12. The molecule has 0 saturated carbocycles. The summed E-state index contributed by atoms with van der Waals surface area (Å²) in [5, 5.41) is 10.9. The third kappa shape index (κ3) is 5.03. The molecule has 0 aliphatic rings. The van der Waals surface area contributed by atoms with Crippen molar-refractivity contribution >= 4 is 11.9 Å². The first-order valence-electron chi connectivity index (χ1n) is 3.10. The lowest BCUT2D eigenvalue weighted by Gasteiger charge is -1.88. The molecule has 0 aromatic rings. The van der Waals surface area contributed by atoms with Crippen LogP contribution in [-0.4, -0.2) is 23.7 Å². The molecule has 0 amide bonds. The number of nitrogens with zero attached hydrogens (tertiary/aromatic N) is 2. The smallest absolute Gasteiger partial charge is 0.0868 e. The largest absolute Gasteiger partial charge is 0.411 e. The van der Waals surface area contributed by atoms with Crippen LogP contribution >= 0.6 is 0 Å². The van der Waals surface area contributed by atoms with Gasteiger partial charge in [0.15, 0.2) is 0 Å². The maximum atomic E-state index is 8.06. The van der Waals surface area contributed by atoms with Crippen molar-refractivity contribution in [1.82, 2.24) is 0 Å². The molecule has 0 rings (SSSR count). The van der Waals surface area contributed by atoms with E-state index >= 15 is 0 Å². The molecular formula is C7H12N2O. The zero-order valence-corrected chi connectivity index (χ0v) is 6.12. The van der Waals surface area contributed by atoms with Crippen molar-refractivity contribution < 1.29 is 5.21 Å². The first-order chi connectivity index (χ1) is 4.81. The van der Waals surface area contributed by atoms with Crippen molar-refractivity contribution in [3.63, 3.8) is 0 Å². The number of rotatable bonds is 4. The van der Waals surface area contributed by atoms with Gasteiger partial charge in [-0.1, -0.05) is 11.2 Å². The molecule has 1 N–H and O–H groups in total. The monoisotopic (exact) mass is 140 g/mol. The number of oxime groups is 1. The first kappa shape index (κ1) is 8.88. The van der Waals surface area contributed by atoms with Gasteiger partial charge in [0.1, 0.15) is 0 Å². The Morgan fingerprint density at radius 1 is 1.70 bits per heavy atom. The summed E-state index contributed by atoms with van der Waals surface area (Å²) >= 11 is 0. The highest BCUT2D eigenvalue weighted by atomic mass is 16.4. The summed E-state index contributed by atoms with van der Waals surface area (Å²) in [5.74, 6) is 0. The molecule has 0 bridgehead atoms. The van der Waals surface area contributed by atoms with Crippen LogP contribution in [0, 0.1) is 0 Å². The van der Waals surface area contributed by atoms with Crippen LogP contribution in [0.5, 0.6) is 0 Å². The molecule has 0 heterocycles. The quantitative estimate of drug-likeness (QED) is 0.208. The second-order valence-electron chi connectivity index (χ2n) is 1.85. The fourth-order valence-electron chi connectivity index (χ4n) is 0.457. The van der Waals surface area contributed by atoms with Crippen LogP contribution in [0.15, 0.2) is 22.8 Å². The van der Waals surface area contributed by atoms with Gasteiger partial charge in [0.2, 0.25) is 0 Å². The minimum atomic E-state index is 0.710. The van der Waals surface area contributed by atoms with Gasteiger partial charge in [-0.3, -0.25) is 4.99 Å². The highest BCUT2D eigenvalue weighted by Crippen LogP contribution is 1.82. The number of hydrogen-bond acceptors (Lipinski definition) is 3. The lowest BCUT2D eigenvalue weighted by Crippen LogP contribution is -1.93. The Bertz CT molecular complexity index is 150. The number of aliphatic imine (C=N–C) groups is 1. The van der Waals surface area contributed by atoms with E-state index in [1.165, 1.54) is 6.21 Å². The van der Waals surface area contributed by atoms with Gasteiger partial charge in [0.05, 0.1) is 11.9 Å². The second kappa shape index (κ2) is 6.01. The molecule has 0 atom stereocenters. The Kier molecular flexibility index (Phi) is 5.33. The summed E-state index contributed by atoms with van der Waals surface area (Å²) < 4.78 is 0. The highest BCUT2D eigenvalue weighted by Gasteiger charge is 1.81. The van der Waals surface area contributed by atoms with Gasteiger partial charge in [-0.15, -0.1) is 6.58 Å². The van der Waals surface area contributed by atoms with E-state index in [1.807, 2.05) is 0 Å². The van der Waals surface area contributed by atoms with Crippen LogP contribution in [-0.2, 0) is 0 Å². The molecular weight excluding hydrogens is 128 g/mol. The van der Waals surface area contributed by atoms with Gasteiger partial charge >= 0.3 is 0 Å². The van der Waals surface area contributed by atoms with Crippen LogP contribution in [0.1, 0.15) is 13.3 Å².